The number of hydrogen-bond donors (Lipinski definition) is 1. The highest BCUT2D eigenvalue weighted by molar-refractivity contribution is 5.95. The van der Waals surface area contributed by atoms with Crippen molar-refractivity contribution in [3.05, 3.63) is 42.2 Å². The molecular formula is C11H8N4O. The number of rotatable bonds is 1. The summed E-state index contributed by atoms with van der Waals surface area (Å²) in [5.74, 6) is -0.432. The van der Waals surface area contributed by atoms with Gasteiger partial charge in [0.2, 0.25) is 5.91 Å². The van der Waals surface area contributed by atoms with E-state index in [9.17, 15) is 4.79 Å². The van der Waals surface area contributed by atoms with Crippen molar-refractivity contribution < 1.29 is 4.79 Å². The van der Waals surface area contributed by atoms with Crippen molar-refractivity contribution in [3.8, 4) is 0 Å². The van der Waals surface area contributed by atoms with Gasteiger partial charge in [0.1, 0.15) is 0 Å². The molecule has 0 aliphatic heterocycles. The largest absolute Gasteiger partial charge is 0.366 e. The zero-order valence-corrected chi connectivity index (χ0v) is 8.29. The first-order valence-electron chi connectivity index (χ1n) is 4.78. The van der Waals surface area contributed by atoms with E-state index in [1.54, 1.807) is 24.5 Å². The molecule has 0 aliphatic rings. The van der Waals surface area contributed by atoms with Crippen LogP contribution in [0.2, 0.25) is 0 Å². The Morgan fingerprint density at radius 3 is 3.00 bits per heavy atom. The maximum atomic E-state index is 11.0. The van der Waals surface area contributed by atoms with E-state index in [-0.39, 0.29) is 0 Å². The third-order valence-electron chi connectivity index (χ3n) is 2.53. The molecule has 0 aromatic carbocycles. The van der Waals surface area contributed by atoms with Gasteiger partial charge in [0, 0.05) is 22.7 Å². The molecule has 5 heteroatoms. The fraction of sp³-hybridized carbons (Fsp3) is 0. The Labute approximate surface area is 90.5 Å². The molecule has 3 heterocycles. The van der Waals surface area contributed by atoms with Gasteiger partial charge in [0.05, 0.1) is 6.20 Å². The van der Waals surface area contributed by atoms with E-state index >= 15 is 0 Å². The van der Waals surface area contributed by atoms with Crippen LogP contribution in [0.1, 0.15) is 10.4 Å². The van der Waals surface area contributed by atoms with Gasteiger partial charge in [0.15, 0.2) is 5.65 Å². The molecular weight excluding hydrogens is 204 g/mol. The first-order chi connectivity index (χ1) is 7.75. The fourth-order valence-corrected chi connectivity index (χ4v) is 1.77. The second kappa shape index (κ2) is 3.03. The molecule has 0 spiro atoms. The lowest BCUT2D eigenvalue weighted by Crippen LogP contribution is -2.10. The predicted molar refractivity (Wildman–Crippen MR) is 59.0 cm³/mol. The molecule has 5 nitrogen and oxygen atoms in total. The first-order valence-corrected chi connectivity index (χ1v) is 4.78. The third kappa shape index (κ3) is 1.15. The summed E-state index contributed by atoms with van der Waals surface area (Å²) < 4.78 is 1.87. The van der Waals surface area contributed by atoms with Crippen LogP contribution in [-0.2, 0) is 0 Å². The van der Waals surface area contributed by atoms with Crippen molar-refractivity contribution in [1.82, 2.24) is 14.6 Å². The van der Waals surface area contributed by atoms with Crippen molar-refractivity contribution in [3.63, 3.8) is 0 Å². The van der Waals surface area contributed by atoms with Crippen molar-refractivity contribution in [2.75, 3.05) is 0 Å². The lowest BCUT2D eigenvalue weighted by Gasteiger charge is -1.98. The smallest absolute Gasteiger partial charge is 0.248 e. The summed E-state index contributed by atoms with van der Waals surface area (Å²) in [5.41, 5.74) is 7.37. The normalized spacial score (nSPS) is 11.0. The van der Waals surface area contributed by atoms with Crippen LogP contribution in [0.25, 0.3) is 16.6 Å². The summed E-state index contributed by atoms with van der Waals surface area (Å²) in [7, 11) is 0. The van der Waals surface area contributed by atoms with Gasteiger partial charge in [-0.2, -0.15) is 5.10 Å². The standard InChI is InChI=1S/C11H8N4O/c12-10(16)7-2-4-15-9(5-7)6-8-1-3-13-14-11(8)15/h1-6H,(H2,12,16). The second-order valence-electron chi connectivity index (χ2n) is 3.53. The van der Waals surface area contributed by atoms with Gasteiger partial charge < -0.3 is 5.73 Å². The highest BCUT2D eigenvalue weighted by atomic mass is 16.1. The summed E-state index contributed by atoms with van der Waals surface area (Å²) in [6.45, 7) is 0. The van der Waals surface area contributed by atoms with Gasteiger partial charge >= 0.3 is 0 Å². The predicted octanol–water partition coefficient (Wildman–Crippen LogP) is 0.981. The van der Waals surface area contributed by atoms with Crippen LogP contribution < -0.4 is 5.73 Å². The Bertz CT molecular complexity index is 701. The van der Waals surface area contributed by atoms with Crippen LogP contribution in [-0.4, -0.2) is 20.5 Å². The summed E-state index contributed by atoms with van der Waals surface area (Å²) in [5, 5.41) is 8.85. The van der Waals surface area contributed by atoms with Gasteiger partial charge in [-0.05, 0) is 24.3 Å². The molecule has 78 valence electrons. The Morgan fingerprint density at radius 2 is 2.19 bits per heavy atom. The molecule has 16 heavy (non-hydrogen) atoms. The molecule has 3 rings (SSSR count). The van der Waals surface area contributed by atoms with Gasteiger partial charge in [0.25, 0.3) is 0 Å². The Kier molecular flexibility index (Phi) is 1.67. The molecule has 2 N–H and O–H groups in total. The topological polar surface area (TPSA) is 73.3 Å². The SMILES string of the molecule is NC(=O)c1ccn2c(c1)cc1ccnnc12. The van der Waals surface area contributed by atoms with Crippen LogP contribution >= 0.6 is 0 Å². The number of primary amides is 1. The summed E-state index contributed by atoms with van der Waals surface area (Å²) in [6.07, 6.45) is 3.41. The number of pyridine rings is 1. The van der Waals surface area contributed by atoms with Crippen LogP contribution in [0.4, 0.5) is 0 Å². The number of hydrogen-bond acceptors (Lipinski definition) is 3. The Balaban J connectivity index is 2.41. The quantitative estimate of drug-likeness (QED) is 0.653. The van der Waals surface area contributed by atoms with E-state index in [0.717, 1.165) is 16.6 Å². The molecule has 0 atom stereocenters. The zero-order chi connectivity index (χ0) is 11.1. The van der Waals surface area contributed by atoms with Gasteiger partial charge in [-0.25, -0.2) is 0 Å². The number of nitrogens with two attached hydrogens (primary N) is 1. The first kappa shape index (κ1) is 8.84. The number of nitrogens with zero attached hydrogens (tertiary/aromatic N) is 3. The van der Waals surface area contributed by atoms with E-state index in [0.29, 0.717) is 5.56 Å². The van der Waals surface area contributed by atoms with Crippen molar-refractivity contribution in [1.29, 1.82) is 0 Å². The molecule has 0 saturated carbocycles. The summed E-state index contributed by atoms with van der Waals surface area (Å²) in [6, 6.07) is 7.23. The van der Waals surface area contributed by atoms with E-state index in [1.165, 1.54) is 0 Å². The van der Waals surface area contributed by atoms with Crippen LogP contribution in [0.3, 0.4) is 0 Å². The fourth-order valence-electron chi connectivity index (χ4n) is 1.77. The molecule has 0 aliphatic carbocycles. The molecule has 0 unspecified atom stereocenters. The maximum absolute atomic E-state index is 11.0. The zero-order valence-electron chi connectivity index (χ0n) is 8.29. The number of fused-ring (bicyclic) bond motifs is 3. The minimum Gasteiger partial charge on any atom is -0.366 e. The van der Waals surface area contributed by atoms with Gasteiger partial charge in [-0.3, -0.25) is 9.20 Å². The van der Waals surface area contributed by atoms with Gasteiger partial charge in [-0.15, -0.1) is 5.10 Å². The van der Waals surface area contributed by atoms with Crippen molar-refractivity contribution in [2.24, 2.45) is 5.73 Å². The average Bonchev–Trinajstić information content (AvgIpc) is 2.66. The lowest BCUT2D eigenvalue weighted by molar-refractivity contribution is 0.100. The lowest BCUT2D eigenvalue weighted by atomic mass is 10.2. The molecule has 1 amide bonds. The Hall–Kier alpha value is -2.43. The number of aromatic nitrogens is 3. The summed E-state index contributed by atoms with van der Waals surface area (Å²) >= 11 is 0. The minimum atomic E-state index is -0.432. The van der Waals surface area contributed by atoms with Crippen LogP contribution in [0.15, 0.2) is 36.7 Å². The minimum absolute atomic E-state index is 0.432. The van der Waals surface area contributed by atoms with Crippen molar-refractivity contribution in [2.45, 2.75) is 0 Å². The third-order valence-corrected chi connectivity index (χ3v) is 2.53. The summed E-state index contributed by atoms with van der Waals surface area (Å²) in [4.78, 5) is 11.0. The van der Waals surface area contributed by atoms with E-state index in [1.807, 2.05) is 16.5 Å². The monoisotopic (exact) mass is 212 g/mol. The average molecular weight is 212 g/mol. The highest BCUT2D eigenvalue weighted by Crippen LogP contribution is 2.18. The van der Waals surface area contributed by atoms with E-state index in [2.05, 4.69) is 10.2 Å². The van der Waals surface area contributed by atoms with Crippen molar-refractivity contribution >= 4 is 22.5 Å². The van der Waals surface area contributed by atoms with E-state index in [4.69, 9.17) is 5.73 Å². The molecule has 0 bridgehead atoms. The molecule has 3 aromatic rings. The number of amides is 1. The number of carbonyl (C=O) groups is 1. The van der Waals surface area contributed by atoms with Crippen LogP contribution in [0, 0.1) is 0 Å². The van der Waals surface area contributed by atoms with Crippen LogP contribution in [0.5, 0.6) is 0 Å². The maximum Gasteiger partial charge on any atom is 0.248 e. The molecule has 0 radical (unpaired) electrons. The molecule has 0 fully saturated rings. The molecule has 0 saturated heterocycles. The Morgan fingerprint density at radius 1 is 1.31 bits per heavy atom. The van der Waals surface area contributed by atoms with Gasteiger partial charge in [-0.1, -0.05) is 0 Å². The molecule has 3 aromatic heterocycles. The number of carbonyl (C=O) groups excluding carboxylic acids is 1. The van der Waals surface area contributed by atoms with E-state index < -0.39 is 5.91 Å². The second-order valence-corrected chi connectivity index (χ2v) is 3.53. The highest BCUT2D eigenvalue weighted by Gasteiger charge is 2.06.